The number of carbonyl (C=O) groups is 2. The number of nitrogens with one attached hydrogen (secondary N) is 2. The smallest absolute Gasteiger partial charge is 0.223 e. The minimum Gasteiger partial charge on any atom is -0.356 e. The van der Waals surface area contributed by atoms with Crippen LogP contribution >= 0.6 is 0 Å². The van der Waals surface area contributed by atoms with Crippen LogP contribution in [0.4, 0.5) is 4.39 Å². The maximum Gasteiger partial charge on any atom is 0.223 e. The van der Waals surface area contributed by atoms with Gasteiger partial charge in [-0.2, -0.15) is 0 Å². The van der Waals surface area contributed by atoms with Gasteiger partial charge in [-0.1, -0.05) is 32.0 Å². The van der Waals surface area contributed by atoms with Gasteiger partial charge in [-0.3, -0.25) is 9.59 Å². The van der Waals surface area contributed by atoms with Crippen molar-refractivity contribution in [3.8, 4) is 0 Å². The highest BCUT2D eigenvalue weighted by Gasteiger charge is 2.29. The number of hydrogen-bond acceptors (Lipinski definition) is 2. The van der Waals surface area contributed by atoms with Crippen LogP contribution in [0.2, 0.25) is 0 Å². The summed E-state index contributed by atoms with van der Waals surface area (Å²) < 4.78 is 13.6. The standard InChI is InChI=1S/C20H29FN2O2/c1-14(2)11-12-22-19(24)15-7-9-16(10-8-15)20(25)23-13-17-5-3-4-6-18(17)21/h3-6,14-16H,7-13H2,1-2H3,(H,22,24)(H,23,25). The second-order valence-electron chi connectivity index (χ2n) is 7.33. The fraction of sp³-hybridized carbons (Fsp3) is 0.600. The molecule has 1 aliphatic carbocycles. The van der Waals surface area contributed by atoms with Gasteiger partial charge in [0, 0.05) is 30.5 Å². The van der Waals surface area contributed by atoms with E-state index in [1.807, 2.05) is 0 Å². The maximum atomic E-state index is 13.6. The van der Waals surface area contributed by atoms with E-state index in [0.29, 0.717) is 24.3 Å². The summed E-state index contributed by atoms with van der Waals surface area (Å²) in [7, 11) is 0. The number of carbonyl (C=O) groups excluding carboxylic acids is 2. The van der Waals surface area contributed by atoms with Crippen molar-refractivity contribution in [2.45, 2.75) is 52.5 Å². The Labute approximate surface area is 149 Å². The summed E-state index contributed by atoms with van der Waals surface area (Å²) in [5.41, 5.74) is 0.495. The van der Waals surface area contributed by atoms with Crippen molar-refractivity contribution in [2.24, 2.45) is 17.8 Å². The molecule has 0 aromatic heterocycles. The van der Waals surface area contributed by atoms with Crippen LogP contribution in [0.5, 0.6) is 0 Å². The molecule has 0 aliphatic heterocycles. The van der Waals surface area contributed by atoms with Gasteiger partial charge in [0.1, 0.15) is 5.82 Å². The normalized spacial score (nSPS) is 20.3. The van der Waals surface area contributed by atoms with E-state index in [1.165, 1.54) is 6.07 Å². The van der Waals surface area contributed by atoms with E-state index in [1.54, 1.807) is 18.2 Å². The summed E-state index contributed by atoms with van der Waals surface area (Å²) in [5, 5.41) is 5.82. The van der Waals surface area contributed by atoms with E-state index in [9.17, 15) is 14.0 Å². The van der Waals surface area contributed by atoms with Gasteiger partial charge in [0.25, 0.3) is 0 Å². The molecule has 25 heavy (non-hydrogen) atoms. The molecule has 0 bridgehead atoms. The lowest BCUT2D eigenvalue weighted by Gasteiger charge is -2.27. The third kappa shape index (κ3) is 6.15. The number of benzene rings is 1. The predicted octanol–water partition coefficient (Wildman–Crippen LogP) is 3.41. The fourth-order valence-electron chi connectivity index (χ4n) is 3.21. The molecule has 0 unspecified atom stereocenters. The molecule has 138 valence electrons. The van der Waals surface area contributed by atoms with Gasteiger partial charge in [0.2, 0.25) is 11.8 Å². The lowest BCUT2D eigenvalue weighted by molar-refractivity contribution is -0.130. The van der Waals surface area contributed by atoms with Crippen molar-refractivity contribution in [3.63, 3.8) is 0 Å². The highest BCUT2D eigenvalue weighted by atomic mass is 19.1. The van der Waals surface area contributed by atoms with Crippen LogP contribution in [-0.4, -0.2) is 18.4 Å². The summed E-state index contributed by atoms with van der Waals surface area (Å²) in [5.74, 6) is 0.292. The predicted molar refractivity (Wildman–Crippen MR) is 96.2 cm³/mol. The van der Waals surface area contributed by atoms with Crippen molar-refractivity contribution in [3.05, 3.63) is 35.6 Å². The average Bonchev–Trinajstić information content (AvgIpc) is 2.60. The van der Waals surface area contributed by atoms with Crippen molar-refractivity contribution < 1.29 is 14.0 Å². The van der Waals surface area contributed by atoms with Gasteiger partial charge >= 0.3 is 0 Å². The topological polar surface area (TPSA) is 58.2 Å². The first kappa shape index (κ1) is 19.4. The van der Waals surface area contributed by atoms with E-state index in [-0.39, 0.29) is 36.0 Å². The van der Waals surface area contributed by atoms with Gasteiger partial charge in [-0.25, -0.2) is 4.39 Å². The average molecular weight is 348 g/mol. The Bertz CT molecular complexity index is 581. The zero-order chi connectivity index (χ0) is 18.2. The Hall–Kier alpha value is -1.91. The third-order valence-corrected chi connectivity index (χ3v) is 4.90. The van der Waals surface area contributed by atoms with Crippen LogP contribution in [0.15, 0.2) is 24.3 Å². The summed E-state index contributed by atoms with van der Waals surface area (Å²) in [4.78, 5) is 24.4. The van der Waals surface area contributed by atoms with Gasteiger partial charge < -0.3 is 10.6 Å². The van der Waals surface area contributed by atoms with Crippen LogP contribution in [0.25, 0.3) is 0 Å². The molecule has 0 radical (unpaired) electrons. The van der Waals surface area contributed by atoms with Gasteiger partial charge in [-0.15, -0.1) is 0 Å². The lowest BCUT2D eigenvalue weighted by atomic mass is 9.81. The van der Waals surface area contributed by atoms with Crippen molar-refractivity contribution in [2.75, 3.05) is 6.54 Å². The SMILES string of the molecule is CC(C)CCNC(=O)C1CCC(C(=O)NCc2ccccc2F)CC1. The van der Waals surface area contributed by atoms with Crippen molar-refractivity contribution in [1.29, 1.82) is 0 Å². The molecule has 1 saturated carbocycles. The van der Waals surface area contributed by atoms with Crippen LogP contribution in [0, 0.1) is 23.6 Å². The molecule has 0 heterocycles. The molecule has 2 amide bonds. The van der Waals surface area contributed by atoms with Crippen LogP contribution < -0.4 is 10.6 Å². The number of halogens is 1. The number of amides is 2. The summed E-state index contributed by atoms with van der Waals surface area (Å²) in [6.45, 7) is 5.20. The molecule has 2 N–H and O–H groups in total. The second-order valence-corrected chi connectivity index (χ2v) is 7.33. The maximum absolute atomic E-state index is 13.6. The van der Waals surface area contributed by atoms with Gasteiger partial charge in [-0.05, 0) is 44.1 Å². The molecule has 0 atom stereocenters. The Morgan fingerprint density at radius 2 is 1.60 bits per heavy atom. The van der Waals surface area contributed by atoms with E-state index in [2.05, 4.69) is 24.5 Å². The molecule has 1 fully saturated rings. The molecule has 4 nitrogen and oxygen atoms in total. The Morgan fingerprint density at radius 1 is 1.04 bits per heavy atom. The zero-order valence-corrected chi connectivity index (χ0v) is 15.2. The summed E-state index contributed by atoms with van der Waals surface area (Å²) in [6.07, 6.45) is 3.90. The molecule has 5 heteroatoms. The fourth-order valence-corrected chi connectivity index (χ4v) is 3.21. The van der Waals surface area contributed by atoms with Crippen LogP contribution in [0.3, 0.4) is 0 Å². The van der Waals surface area contributed by atoms with Gasteiger partial charge in [0.15, 0.2) is 0 Å². The Kier molecular flexibility index (Phi) is 7.41. The van der Waals surface area contributed by atoms with E-state index >= 15 is 0 Å². The van der Waals surface area contributed by atoms with Gasteiger partial charge in [0.05, 0.1) is 0 Å². The first-order valence-electron chi connectivity index (χ1n) is 9.26. The summed E-state index contributed by atoms with van der Waals surface area (Å²) >= 11 is 0. The first-order chi connectivity index (χ1) is 12.0. The summed E-state index contributed by atoms with van der Waals surface area (Å²) in [6, 6.07) is 6.46. The number of hydrogen-bond donors (Lipinski definition) is 2. The molecular weight excluding hydrogens is 319 g/mol. The minimum atomic E-state index is -0.301. The van der Waals surface area contributed by atoms with Crippen molar-refractivity contribution in [1.82, 2.24) is 10.6 Å². The van der Waals surface area contributed by atoms with E-state index < -0.39 is 0 Å². The van der Waals surface area contributed by atoms with Crippen molar-refractivity contribution >= 4 is 11.8 Å². The Morgan fingerprint density at radius 3 is 2.16 bits per heavy atom. The highest BCUT2D eigenvalue weighted by molar-refractivity contribution is 5.81. The van der Waals surface area contributed by atoms with Crippen LogP contribution in [0.1, 0.15) is 51.5 Å². The molecule has 1 aromatic rings. The molecule has 1 aromatic carbocycles. The molecule has 0 saturated heterocycles. The monoisotopic (exact) mass is 348 g/mol. The number of rotatable bonds is 7. The lowest BCUT2D eigenvalue weighted by Crippen LogP contribution is -2.37. The van der Waals surface area contributed by atoms with E-state index in [4.69, 9.17) is 0 Å². The van der Waals surface area contributed by atoms with Crippen LogP contribution in [-0.2, 0) is 16.1 Å². The molecule has 2 rings (SSSR count). The second kappa shape index (κ2) is 9.54. The third-order valence-electron chi connectivity index (χ3n) is 4.90. The molecule has 1 aliphatic rings. The largest absolute Gasteiger partial charge is 0.356 e. The molecule has 0 spiro atoms. The molecular formula is C20H29FN2O2. The first-order valence-corrected chi connectivity index (χ1v) is 9.26. The highest BCUT2D eigenvalue weighted by Crippen LogP contribution is 2.29. The minimum absolute atomic E-state index is 0.0165. The van der Waals surface area contributed by atoms with E-state index in [0.717, 1.165) is 25.8 Å². The quantitative estimate of drug-likeness (QED) is 0.793. The zero-order valence-electron chi connectivity index (χ0n) is 15.2. The Balaban J connectivity index is 1.71.